The summed E-state index contributed by atoms with van der Waals surface area (Å²) in [5.74, 6) is 0. The Balaban J connectivity index is 1.35. The molecule has 1 aliphatic rings. The predicted molar refractivity (Wildman–Crippen MR) is 123 cm³/mol. The first-order valence-electron chi connectivity index (χ1n) is 10.2. The molecule has 4 nitrogen and oxygen atoms in total. The van der Waals surface area contributed by atoms with Gasteiger partial charge >= 0.3 is 0 Å². The first-order chi connectivity index (χ1) is 14.6. The van der Waals surface area contributed by atoms with Crippen LogP contribution in [-0.4, -0.2) is 50.3 Å². The van der Waals surface area contributed by atoms with Gasteiger partial charge in [0.2, 0.25) is 10.0 Å². The quantitative estimate of drug-likeness (QED) is 0.597. The largest absolute Gasteiger partial charge is 0.297 e. The zero-order valence-electron chi connectivity index (χ0n) is 16.9. The molecule has 1 aliphatic heterocycles. The van der Waals surface area contributed by atoms with Crippen LogP contribution in [0.3, 0.4) is 0 Å². The summed E-state index contributed by atoms with van der Waals surface area (Å²) in [6.07, 6.45) is 4.25. The highest BCUT2D eigenvalue weighted by atomic mass is 32.2. The third-order valence-corrected chi connectivity index (χ3v) is 7.32. The summed E-state index contributed by atoms with van der Waals surface area (Å²) in [6, 6.07) is 27.4. The molecule has 0 N–H and O–H groups in total. The molecule has 0 unspecified atom stereocenters. The molecular weight excluding hydrogens is 392 g/mol. The maximum atomic E-state index is 13.0. The van der Waals surface area contributed by atoms with E-state index in [1.807, 2.05) is 60.7 Å². The first kappa shape index (κ1) is 20.5. The van der Waals surface area contributed by atoms with Crippen molar-refractivity contribution in [2.45, 2.75) is 4.90 Å². The Morgan fingerprint density at radius 2 is 1.27 bits per heavy atom. The van der Waals surface area contributed by atoms with Gasteiger partial charge in [-0.05, 0) is 28.8 Å². The molecule has 3 aromatic carbocycles. The van der Waals surface area contributed by atoms with E-state index in [2.05, 4.69) is 29.2 Å². The van der Waals surface area contributed by atoms with E-state index in [1.54, 1.807) is 16.4 Å². The van der Waals surface area contributed by atoms with Crippen molar-refractivity contribution < 1.29 is 8.42 Å². The number of sulfonamides is 1. The lowest BCUT2D eigenvalue weighted by Crippen LogP contribution is -2.48. The van der Waals surface area contributed by atoms with Crippen molar-refractivity contribution in [3.8, 4) is 11.1 Å². The fourth-order valence-corrected chi connectivity index (χ4v) is 5.08. The molecule has 4 rings (SSSR count). The van der Waals surface area contributed by atoms with Gasteiger partial charge in [0, 0.05) is 32.7 Å². The molecule has 0 atom stereocenters. The molecule has 1 fully saturated rings. The number of hydrogen-bond acceptors (Lipinski definition) is 3. The molecule has 30 heavy (non-hydrogen) atoms. The molecule has 5 heteroatoms. The van der Waals surface area contributed by atoms with Crippen LogP contribution in [0.15, 0.2) is 95.9 Å². The minimum absolute atomic E-state index is 0.361. The average molecular weight is 419 g/mol. The standard InChI is InChI=1S/C25H26N2O2S/c28-30(29,25-15-13-24(14-16-25)23-11-5-2-6-12-23)27-20-18-26(19-21-27)17-7-10-22-8-3-1-4-9-22/h1-16H,17-21H2/b10-7-. The third kappa shape index (κ3) is 4.87. The van der Waals surface area contributed by atoms with E-state index < -0.39 is 10.0 Å². The molecule has 3 aromatic rings. The summed E-state index contributed by atoms with van der Waals surface area (Å²) in [5.41, 5.74) is 3.28. The number of hydrogen-bond donors (Lipinski definition) is 0. The van der Waals surface area contributed by atoms with Gasteiger partial charge in [-0.15, -0.1) is 0 Å². The number of benzene rings is 3. The fourth-order valence-electron chi connectivity index (χ4n) is 3.65. The molecule has 1 heterocycles. The van der Waals surface area contributed by atoms with Crippen LogP contribution in [0.25, 0.3) is 17.2 Å². The molecule has 0 aromatic heterocycles. The van der Waals surface area contributed by atoms with Crippen LogP contribution < -0.4 is 0 Å². The zero-order valence-corrected chi connectivity index (χ0v) is 17.7. The van der Waals surface area contributed by atoms with Gasteiger partial charge in [-0.3, -0.25) is 4.90 Å². The Morgan fingerprint density at radius 3 is 1.90 bits per heavy atom. The Kier molecular flexibility index (Phi) is 6.43. The van der Waals surface area contributed by atoms with E-state index in [-0.39, 0.29) is 0 Å². The smallest absolute Gasteiger partial charge is 0.243 e. The molecule has 0 bridgehead atoms. The molecule has 0 saturated carbocycles. The van der Waals surface area contributed by atoms with E-state index >= 15 is 0 Å². The van der Waals surface area contributed by atoms with Gasteiger partial charge in [-0.1, -0.05) is 84.9 Å². The van der Waals surface area contributed by atoms with Crippen molar-refractivity contribution in [2.75, 3.05) is 32.7 Å². The van der Waals surface area contributed by atoms with Gasteiger partial charge in [0.05, 0.1) is 4.90 Å². The number of piperazine rings is 1. The van der Waals surface area contributed by atoms with Gasteiger partial charge in [0.15, 0.2) is 0 Å². The molecule has 1 saturated heterocycles. The zero-order chi connectivity index (χ0) is 20.8. The minimum Gasteiger partial charge on any atom is -0.297 e. The second-order valence-electron chi connectivity index (χ2n) is 7.41. The third-order valence-electron chi connectivity index (χ3n) is 5.40. The van der Waals surface area contributed by atoms with Crippen LogP contribution in [0, 0.1) is 0 Å². The normalized spacial score (nSPS) is 16.1. The fraction of sp³-hybridized carbons (Fsp3) is 0.200. The van der Waals surface area contributed by atoms with Crippen molar-refractivity contribution in [3.63, 3.8) is 0 Å². The monoisotopic (exact) mass is 418 g/mol. The predicted octanol–water partition coefficient (Wildman–Crippen LogP) is 4.37. The Morgan fingerprint density at radius 1 is 0.700 bits per heavy atom. The summed E-state index contributed by atoms with van der Waals surface area (Å²) in [6.45, 7) is 3.33. The highest BCUT2D eigenvalue weighted by Crippen LogP contribution is 2.23. The van der Waals surface area contributed by atoms with Gasteiger partial charge in [0.25, 0.3) is 0 Å². The second kappa shape index (κ2) is 9.39. The van der Waals surface area contributed by atoms with Crippen LogP contribution in [0.2, 0.25) is 0 Å². The van der Waals surface area contributed by atoms with E-state index in [4.69, 9.17) is 0 Å². The van der Waals surface area contributed by atoms with Gasteiger partial charge in [-0.2, -0.15) is 4.31 Å². The molecule has 0 aliphatic carbocycles. The SMILES string of the molecule is O=S(=O)(c1ccc(-c2ccccc2)cc1)N1CCN(C/C=C\c2ccccc2)CC1. The summed E-state index contributed by atoms with van der Waals surface area (Å²) >= 11 is 0. The summed E-state index contributed by atoms with van der Waals surface area (Å²) in [5, 5.41) is 0. The average Bonchev–Trinajstić information content (AvgIpc) is 2.81. The van der Waals surface area contributed by atoms with E-state index in [0.717, 1.165) is 30.8 Å². The topological polar surface area (TPSA) is 40.6 Å². The Hall–Kier alpha value is -2.73. The van der Waals surface area contributed by atoms with Crippen LogP contribution in [-0.2, 0) is 10.0 Å². The van der Waals surface area contributed by atoms with Gasteiger partial charge in [0.1, 0.15) is 0 Å². The van der Waals surface area contributed by atoms with Crippen molar-refractivity contribution in [3.05, 3.63) is 96.6 Å². The second-order valence-corrected chi connectivity index (χ2v) is 9.35. The summed E-state index contributed by atoms with van der Waals surface area (Å²) in [7, 11) is -3.46. The van der Waals surface area contributed by atoms with Gasteiger partial charge < -0.3 is 0 Å². The number of rotatable bonds is 6. The highest BCUT2D eigenvalue weighted by molar-refractivity contribution is 7.89. The minimum atomic E-state index is -3.46. The maximum absolute atomic E-state index is 13.0. The summed E-state index contributed by atoms with van der Waals surface area (Å²) < 4.78 is 27.7. The van der Waals surface area contributed by atoms with E-state index in [1.165, 1.54) is 5.56 Å². The maximum Gasteiger partial charge on any atom is 0.243 e. The lowest BCUT2D eigenvalue weighted by atomic mass is 10.1. The molecule has 0 amide bonds. The Bertz CT molecular complexity index is 1070. The summed E-state index contributed by atoms with van der Waals surface area (Å²) in [4.78, 5) is 2.64. The molecule has 154 valence electrons. The van der Waals surface area contributed by atoms with E-state index in [0.29, 0.717) is 18.0 Å². The van der Waals surface area contributed by atoms with Crippen molar-refractivity contribution in [1.29, 1.82) is 0 Å². The molecule has 0 radical (unpaired) electrons. The Labute approximate surface area is 179 Å². The number of nitrogens with zero attached hydrogens (tertiary/aromatic N) is 2. The highest BCUT2D eigenvalue weighted by Gasteiger charge is 2.28. The van der Waals surface area contributed by atoms with Crippen LogP contribution in [0.5, 0.6) is 0 Å². The van der Waals surface area contributed by atoms with Crippen LogP contribution >= 0.6 is 0 Å². The molecular formula is C25H26N2O2S. The lowest BCUT2D eigenvalue weighted by molar-refractivity contribution is 0.204. The van der Waals surface area contributed by atoms with Crippen molar-refractivity contribution in [1.82, 2.24) is 9.21 Å². The lowest BCUT2D eigenvalue weighted by Gasteiger charge is -2.33. The van der Waals surface area contributed by atoms with Gasteiger partial charge in [-0.25, -0.2) is 8.42 Å². The molecule has 0 spiro atoms. The van der Waals surface area contributed by atoms with Crippen molar-refractivity contribution in [2.24, 2.45) is 0 Å². The van der Waals surface area contributed by atoms with Crippen LogP contribution in [0.4, 0.5) is 0 Å². The first-order valence-corrected chi connectivity index (χ1v) is 11.7. The van der Waals surface area contributed by atoms with Crippen molar-refractivity contribution >= 4 is 16.1 Å². The van der Waals surface area contributed by atoms with Crippen LogP contribution in [0.1, 0.15) is 5.56 Å². The van der Waals surface area contributed by atoms with E-state index in [9.17, 15) is 8.42 Å².